The van der Waals surface area contributed by atoms with Crippen molar-refractivity contribution in [2.75, 3.05) is 5.73 Å². The summed E-state index contributed by atoms with van der Waals surface area (Å²) in [7, 11) is 0. The van der Waals surface area contributed by atoms with E-state index in [1.54, 1.807) is 12.1 Å². The summed E-state index contributed by atoms with van der Waals surface area (Å²) in [5, 5.41) is 0. The second kappa shape index (κ2) is 3.57. The molecule has 1 aromatic heterocycles. The van der Waals surface area contributed by atoms with Crippen LogP contribution in [-0.2, 0) is 4.79 Å². The Balaban J connectivity index is 2.11. The van der Waals surface area contributed by atoms with Gasteiger partial charge in [0.2, 0.25) is 0 Å². The molecule has 5 heteroatoms. The predicted octanol–water partition coefficient (Wildman–Crippen LogP) is 1.74. The summed E-state index contributed by atoms with van der Waals surface area (Å²) in [4.78, 5) is 15.2. The van der Waals surface area contributed by atoms with Gasteiger partial charge in [0, 0.05) is 0 Å². The molecule has 2 rings (SSSR count). The van der Waals surface area contributed by atoms with Gasteiger partial charge < -0.3 is 10.5 Å². The first kappa shape index (κ1) is 9.45. The van der Waals surface area contributed by atoms with Gasteiger partial charge in [0.15, 0.2) is 11.6 Å². The highest BCUT2D eigenvalue weighted by Gasteiger charge is 2.32. The van der Waals surface area contributed by atoms with Gasteiger partial charge in [0.05, 0.1) is 5.92 Å². The van der Waals surface area contributed by atoms with Crippen molar-refractivity contribution in [1.29, 1.82) is 0 Å². The van der Waals surface area contributed by atoms with Crippen LogP contribution in [0.25, 0.3) is 0 Å². The van der Waals surface area contributed by atoms with Gasteiger partial charge in [-0.3, -0.25) is 4.79 Å². The number of anilines is 1. The van der Waals surface area contributed by atoms with E-state index in [0.717, 1.165) is 12.8 Å². The van der Waals surface area contributed by atoms with E-state index in [2.05, 4.69) is 20.9 Å². The lowest BCUT2D eigenvalue weighted by atomic mass is 10.4. The van der Waals surface area contributed by atoms with Gasteiger partial charge in [-0.25, -0.2) is 4.98 Å². The molecular formula is C9H9BrN2O2. The molecule has 1 heterocycles. The lowest BCUT2D eigenvalue weighted by Gasteiger charge is -2.05. The Labute approximate surface area is 89.6 Å². The van der Waals surface area contributed by atoms with E-state index in [9.17, 15) is 4.79 Å². The van der Waals surface area contributed by atoms with Crippen molar-refractivity contribution in [2.24, 2.45) is 5.92 Å². The molecule has 0 amide bonds. The highest BCUT2D eigenvalue weighted by Crippen LogP contribution is 2.32. The highest BCUT2D eigenvalue weighted by atomic mass is 79.9. The lowest BCUT2D eigenvalue weighted by molar-refractivity contribution is -0.135. The second-order valence-electron chi connectivity index (χ2n) is 3.21. The number of carbonyl (C=O) groups is 1. The van der Waals surface area contributed by atoms with Crippen LogP contribution in [0.15, 0.2) is 16.7 Å². The number of ether oxygens (including phenoxy) is 1. The summed E-state index contributed by atoms with van der Waals surface area (Å²) in [6.07, 6.45) is 1.84. The van der Waals surface area contributed by atoms with E-state index in [-0.39, 0.29) is 17.7 Å². The third-order valence-corrected chi connectivity index (χ3v) is 2.41. The molecular weight excluding hydrogens is 248 g/mol. The molecule has 1 saturated carbocycles. The van der Waals surface area contributed by atoms with E-state index in [0.29, 0.717) is 10.4 Å². The first-order valence-electron chi connectivity index (χ1n) is 4.30. The van der Waals surface area contributed by atoms with E-state index >= 15 is 0 Å². The van der Waals surface area contributed by atoms with E-state index in [4.69, 9.17) is 10.5 Å². The van der Waals surface area contributed by atoms with Crippen LogP contribution in [0.1, 0.15) is 12.8 Å². The normalized spacial score (nSPS) is 15.2. The van der Waals surface area contributed by atoms with Crippen molar-refractivity contribution in [3.63, 3.8) is 0 Å². The van der Waals surface area contributed by atoms with Crippen molar-refractivity contribution >= 4 is 27.7 Å². The third-order valence-electron chi connectivity index (χ3n) is 1.97. The number of carbonyl (C=O) groups excluding carboxylic acids is 1. The molecule has 1 aromatic rings. The fourth-order valence-corrected chi connectivity index (χ4v) is 1.36. The van der Waals surface area contributed by atoms with Crippen molar-refractivity contribution in [2.45, 2.75) is 12.8 Å². The number of nitrogens with two attached hydrogens (primary N) is 1. The molecule has 0 aromatic carbocycles. The van der Waals surface area contributed by atoms with Crippen LogP contribution in [0.3, 0.4) is 0 Å². The maximum Gasteiger partial charge on any atom is 0.314 e. The zero-order chi connectivity index (χ0) is 10.1. The molecule has 1 aliphatic carbocycles. The minimum Gasteiger partial charge on any atom is -0.422 e. The van der Waals surface area contributed by atoms with Gasteiger partial charge in [-0.2, -0.15) is 0 Å². The Morgan fingerprint density at radius 1 is 1.57 bits per heavy atom. The molecule has 1 aliphatic rings. The molecule has 0 radical (unpaired) electrons. The minimum atomic E-state index is -0.208. The van der Waals surface area contributed by atoms with Crippen LogP contribution in [0.5, 0.6) is 5.75 Å². The fraction of sp³-hybridized carbons (Fsp3) is 0.333. The number of esters is 1. The first-order valence-corrected chi connectivity index (χ1v) is 5.10. The Hall–Kier alpha value is -1.10. The molecule has 0 unspecified atom stereocenters. The minimum absolute atomic E-state index is 0.0676. The number of hydrogen-bond donors (Lipinski definition) is 1. The maximum absolute atomic E-state index is 11.3. The number of nitrogens with zero attached hydrogens (tertiary/aromatic N) is 1. The van der Waals surface area contributed by atoms with E-state index in [1.807, 2.05) is 0 Å². The van der Waals surface area contributed by atoms with Crippen LogP contribution in [-0.4, -0.2) is 11.0 Å². The summed E-state index contributed by atoms with van der Waals surface area (Å²) >= 11 is 3.17. The average molecular weight is 257 g/mol. The Kier molecular flexibility index (Phi) is 2.41. The van der Waals surface area contributed by atoms with Crippen LogP contribution in [0.2, 0.25) is 0 Å². The Bertz CT molecular complexity index is 377. The largest absolute Gasteiger partial charge is 0.422 e. The van der Waals surface area contributed by atoms with Gasteiger partial charge in [-0.15, -0.1) is 0 Å². The molecule has 2 N–H and O–H groups in total. The average Bonchev–Trinajstić information content (AvgIpc) is 2.92. The summed E-state index contributed by atoms with van der Waals surface area (Å²) in [6.45, 7) is 0. The van der Waals surface area contributed by atoms with Crippen LogP contribution in [0.4, 0.5) is 5.82 Å². The molecule has 0 saturated heterocycles. The van der Waals surface area contributed by atoms with Gasteiger partial charge >= 0.3 is 5.97 Å². The smallest absolute Gasteiger partial charge is 0.314 e. The van der Waals surface area contributed by atoms with Crippen molar-refractivity contribution in [3.8, 4) is 5.75 Å². The van der Waals surface area contributed by atoms with Crippen LogP contribution in [0, 0.1) is 5.92 Å². The van der Waals surface area contributed by atoms with Crippen molar-refractivity contribution < 1.29 is 9.53 Å². The number of halogens is 1. The fourth-order valence-electron chi connectivity index (χ4n) is 1.03. The molecule has 74 valence electrons. The van der Waals surface area contributed by atoms with Crippen molar-refractivity contribution in [1.82, 2.24) is 4.98 Å². The molecule has 0 aliphatic heterocycles. The number of hydrogen-bond acceptors (Lipinski definition) is 4. The van der Waals surface area contributed by atoms with Gasteiger partial charge in [0.1, 0.15) is 4.60 Å². The summed E-state index contributed by atoms with van der Waals surface area (Å²) in [5.41, 5.74) is 5.57. The topological polar surface area (TPSA) is 65.2 Å². The number of aromatic nitrogens is 1. The zero-order valence-electron chi connectivity index (χ0n) is 7.37. The van der Waals surface area contributed by atoms with Crippen LogP contribution < -0.4 is 10.5 Å². The molecule has 0 spiro atoms. The van der Waals surface area contributed by atoms with Gasteiger partial charge in [-0.05, 0) is 40.9 Å². The number of nitrogen functional groups attached to an aromatic ring is 1. The lowest BCUT2D eigenvalue weighted by Crippen LogP contribution is -2.11. The first-order chi connectivity index (χ1) is 6.66. The maximum atomic E-state index is 11.3. The standard InChI is InChI=1S/C9H9BrN2O2/c10-7-4-3-6(8(11)12-7)14-9(13)5-1-2-5/h3-5H,1-2H2,(H2,11,12). The highest BCUT2D eigenvalue weighted by molar-refractivity contribution is 9.10. The van der Waals surface area contributed by atoms with E-state index in [1.165, 1.54) is 0 Å². The Morgan fingerprint density at radius 2 is 2.29 bits per heavy atom. The number of pyridine rings is 1. The molecule has 0 bridgehead atoms. The quantitative estimate of drug-likeness (QED) is 0.647. The predicted molar refractivity (Wildman–Crippen MR) is 54.7 cm³/mol. The zero-order valence-corrected chi connectivity index (χ0v) is 8.95. The molecule has 14 heavy (non-hydrogen) atoms. The second-order valence-corrected chi connectivity index (χ2v) is 4.03. The number of rotatable bonds is 2. The third kappa shape index (κ3) is 2.04. The van der Waals surface area contributed by atoms with Gasteiger partial charge in [-0.1, -0.05) is 0 Å². The monoisotopic (exact) mass is 256 g/mol. The van der Waals surface area contributed by atoms with Crippen molar-refractivity contribution in [3.05, 3.63) is 16.7 Å². The summed E-state index contributed by atoms with van der Waals surface area (Å²) < 4.78 is 5.70. The SMILES string of the molecule is Nc1nc(Br)ccc1OC(=O)C1CC1. The molecule has 0 atom stereocenters. The van der Waals surface area contributed by atoms with Gasteiger partial charge in [0.25, 0.3) is 0 Å². The van der Waals surface area contributed by atoms with E-state index < -0.39 is 0 Å². The summed E-state index contributed by atoms with van der Waals surface area (Å²) in [5.74, 6) is 0.428. The molecule has 4 nitrogen and oxygen atoms in total. The van der Waals surface area contributed by atoms with Crippen LogP contribution >= 0.6 is 15.9 Å². The Morgan fingerprint density at radius 3 is 2.86 bits per heavy atom. The summed E-state index contributed by atoms with van der Waals surface area (Å²) in [6, 6.07) is 3.32. The molecule has 1 fully saturated rings.